The lowest BCUT2D eigenvalue weighted by Crippen LogP contribution is -2.34. The van der Waals surface area contributed by atoms with Crippen LogP contribution in [-0.4, -0.2) is 36.0 Å². The molecule has 0 saturated carbocycles. The maximum Gasteiger partial charge on any atom is 0.225 e. The van der Waals surface area contributed by atoms with Gasteiger partial charge in [-0.15, -0.1) is 0 Å². The van der Waals surface area contributed by atoms with Gasteiger partial charge in [-0.2, -0.15) is 0 Å². The van der Waals surface area contributed by atoms with Crippen LogP contribution >= 0.6 is 0 Å². The number of allylic oxidation sites excluding steroid dienone is 3. The minimum absolute atomic E-state index is 0.344. The molecule has 1 aromatic heterocycles. The summed E-state index contributed by atoms with van der Waals surface area (Å²) < 4.78 is 5.61. The Hall–Kier alpha value is -2.43. The summed E-state index contributed by atoms with van der Waals surface area (Å²) in [6.07, 6.45) is 12.8. The van der Waals surface area contributed by atoms with Crippen LogP contribution in [0.25, 0.3) is 0 Å². The van der Waals surface area contributed by atoms with Gasteiger partial charge in [-0.25, -0.2) is 9.97 Å². The van der Waals surface area contributed by atoms with Crippen LogP contribution in [0.5, 0.6) is 0 Å². The molecule has 0 atom stereocenters. The lowest BCUT2D eigenvalue weighted by atomic mass is 9.92. The van der Waals surface area contributed by atoms with E-state index in [2.05, 4.69) is 28.0 Å². The van der Waals surface area contributed by atoms with Crippen LogP contribution in [0.4, 0.5) is 5.95 Å². The molecule has 1 aromatic rings. The van der Waals surface area contributed by atoms with Gasteiger partial charge in [-0.3, -0.25) is 0 Å². The summed E-state index contributed by atoms with van der Waals surface area (Å²) in [6, 6.07) is 1.84. The largest absolute Gasteiger partial charge is 0.494 e. The van der Waals surface area contributed by atoms with E-state index in [-0.39, 0.29) is 0 Å². The van der Waals surface area contributed by atoms with Gasteiger partial charge in [0.15, 0.2) is 0 Å². The van der Waals surface area contributed by atoms with Gasteiger partial charge in [0.1, 0.15) is 12.0 Å². The fraction of sp³-hybridized carbons (Fsp3) is 0.450. The van der Waals surface area contributed by atoms with Gasteiger partial charge in [-0.05, 0) is 49.3 Å². The number of aromatic nitrogens is 2. The summed E-state index contributed by atoms with van der Waals surface area (Å²) >= 11 is 0. The molecule has 2 rings (SSSR count). The molecule has 134 valence electrons. The second kappa shape index (κ2) is 10.4. The minimum Gasteiger partial charge on any atom is -0.494 e. The third-order valence-corrected chi connectivity index (χ3v) is 4.34. The molecule has 25 heavy (non-hydrogen) atoms. The Labute approximate surface area is 150 Å². The molecule has 0 aromatic carbocycles. The zero-order valence-corrected chi connectivity index (χ0v) is 14.8. The first kappa shape index (κ1) is 18.9. The van der Waals surface area contributed by atoms with Crippen molar-refractivity contribution in [2.45, 2.75) is 32.1 Å². The summed E-state index contributed by atoms with van der Waals surface area (Å²) in [4.78, 5) is 21.3. The highest BCUT2D eigenvalue weighted by Gasteiger charge is 2.20. The molecule has 0 aliphatic carbocycles. The van der Waals surface area contributed by atoms with Crippen LogP contribution in [0, 0.1) is 5.92 Å². The summed E-state index contributed by atoms with van der Waals surface area (Å²) in [5.41, 5.74) is 0.758. The number of carbonyl (C=O) groups is 1. The quantitative estimate of drug-likeness (QED) is 0.281. The molecule has 2 heterocycles. The lowest BCUT2D eigenvalue weighted by Gasteiger charge is -2.31. The van der Waals surface area contributed by atoms with Crippen molar-refractivity contribution in [3.8, 4) is 0 Å². The van der Waals surface area contributed by atoms with Gasteiger partial charge < -0.3 is 14.4 Å². The van der Waals surface area contributed by atoms with Gasteiger partial charge in [0.25, 0.3) is 0 Å². The average molecular weight is 341 g/mol. The highest BCUT2D eigenvalue weighted by atomic mass is 16.5. The van der Waals surface area contributed by atoms with Crippen molar-refractivity contribution in [2.75, 3.05) is 24.6 Å². The highest BCUT2D eigenvalue weighted by Crippen LogP contribution is 2.24. The van der Waals surface area contributed by atoms with Crippen LogP contribution in [-0.2, 0) is 9.53 Å². The van der Waals surface area contributed by atoms with Crippen molar-refractivity contribution in [3.63, 3.8) is 0 Å². The number of aldehydes is 1. The Kier molecular flexibility index (Phi) is 7.89. The molecule has 0 spiro atoms. The van der Waals surface area contributed by atoms with Gasteiger partial charge >= 0.3 is 0 Å². The first-order chi connectivity index (χ1) is 12.2. The van der Waals surface area contributed by atoms with Crippen molar-refractivity contribution < 1.29 is 9.53 Å². The topological polar surface area (TPSA) is 55.3 Å². The fourth-order valence-electron chi connectivity index (χ4n) is 2.89. The Bertz CT molecular complexity index is 590. The van der Waals surface area contributed by atoms with Crippen molar-refractivity contribution in [3.05, 3.63) is 55.1 Å². The van der Waals surface area contributed by atoms with Crippen molar-refractivity contribution >= 4 is 12.2 Å². The second-order valence-electron chi connectivity index (χ2n) is 6.30. The molecule has 1 saturated heterocycles. The van der Waals surface area contributed by atoms with Crippen LogP contribution in [0.3, 0.4) is 0 Å². The molecule has 5 nitrogen and oxygen atoms in total. The number of anilines is 1. The number of carbonyl (C=O) groups excluding carboxylic acids is 1. The molecule has 0 radical (unpaired) electrons. The summed E-state index contributed by atoms with van der Waals surface area (Å²) in [6.45, 7) is 10.3. The van der Waals surface area contributed by atoms with Crippen LogP contribution in [0.1, 0.15) is 32.1 Å². The van der Waals surface area contributed by atoms with E-state index in [4.69, 9.17) is 4.74 Å². The van der Waals surface area contributed by atoms with Gasteiger partial charge in [0.05, 0.1) is 6.61 Å². The fourth-order valence-corrected chi connectivity index (χ4v) is 2.89. The zero-order chi connectivity index (χ0) is 17.9. The number of nitrogens with zero attached hydrogens (tertiary/aromatic N) is 3. The van der Waals surface area contributed by atoms with E-state index in [1.165, 1.54) is 19.3 Å². The van der Waals surface area contributed by atoms with E-state index < -0.39 is 0 Å². The third kappa shape index (κ3) is 6.91. The number of piperidine rings is 1. The Balaban J connectivity index is 1.58. The predicted octanol–water partition coefficient (Wildman–Crippen LogP) is 3.70. The molecular formula is C20H27N3O2. The van der Waals surface area contributed by atoms with E-state index in [9.17, 15) is 4.79 Å². The zero-order valence-electron chi connectivity index (χ0n) is 14.8. The predicted molar refractivity (Wildman–Crippen MR) is 100 cm³/mol. The van der Waals surface area contributed by atoms with Crippen LogP contribution < -0.4 is 4.90 Å². The number of rotatable bonds is 10. The molecule has 1 aliphatic heterocycles. The van der Waals surface area contributed by atoms with E-state index >= 15 is 0 Å². The molecular weight excluding hydrogens is 314 g/mol. The monoisotopic (exact) mass is 341 g/mol. The van der Waals surface area contributed by atoms with Crippen molar-refractivity contribution in [2.24, 2.45) is 5.92 Å². The van der Waals surface area contributed by atoms with Gasteiger partial charge in [0, 0.05) is 31.9 Å². The van der Waals surface area contributed by atoms with Crippen LogP contribution in [0.15, 0.2) is 55.1 Å². The van der Waals surface area contributed by atoms with Gasteiger partial charge in [-0.1, -0.05) is 19.2 Å². The minimum atomic E-state index is 0.344. The van der Waals surface area contributed by atoms with E-state index in [0.717, 1.165) is 43.2 Å². The molecule has 1 aliphatic rings. The summed E-state index contributed by atoms with van der Waals surface area (Å²) in [5, 5.41) is 0. The Morgan fingerprint density at radius 2 is 1.96 bits per heavy atom. The molecule has 0 N–H and O–H groups in total. The third-order valence-electron chi connectivity index (χ3n) is 4.34. The van der Waals surface area contributed by atoms with Crippen molar-refractivity contribution in [1.29, 1.82) is 0 Å². The van der Waals surface area contributed by atoms with E-state index in [1.807, 2.05) is 6.07 Å². The number of ether oxygens (including phenoxy) is 1. The molecule has 5 heteroatoms. The first-order valence-corrected chi connectivity index (χ1v) is 8.82. The summed E-state index contributed by atoms with van der Waals surface area (Å²) in [5.74, 6) is 2.19. The first-order valence-electron chi connectivity index (χ1n) is 8.82. The van der Waals surface area contributed by atoms with Crippen LogP contribution in [0.2, 0.25) is 0 Å². The van der Waals surface area contributed by atoms with E-state index in [0.29, 0.717) is 18.8 Å². The average Bonchev–Trinajstić information content (AvgIpc) is 2.65. The lowest BCUT2D eigenvalue weighted by molar-refractivity contribution is -0.107. The highest BCUT2D eigenvalue weighted by molar-refractivity contribution is 5.55. The molecule has 1 fully saturated rings. The molecule has 0 bridgehead atoms. The summed E-state index contributed by atoms with van der Waals surface area (Å²) in [7, 11) is 0. The van der Waals surface area contributed by atoms with Gasteiger partial charge in [0.2, 0.25) is 5.95 Å². The SMILES string of the molecule is C=C(/C=C\C(=C)OCCCC1CCN(c2ncccn2)CC1)CC=O. The Morgan fingerprint density at radius 3 is 2.64 bits per heavy atom. The maximum atomic E-state index is 10.4. The molecule has 0 unspecified atom stereocenters. The van der Waals surface area contributed by atoms with E-state index in [1.54, 1.807) is 24.5 Å². The van der Waals surface area contributed by atoms with Crippen molar-refractivity contribution in [1.82, 2.24) is 9.97 Å². The molecule has 0 amide bonds. The smallest absolute Gasteiger partial charge is 0.225 e. The number of hydrogen-bond acceptors (Lipinski definition) is 5. The normalized spacial score (nSPS) is 15.3. The second-order valence-corrected chi connectivity index (χ2v) is 6.30. The number of hydrogen-bond donors (Lipinski definition) is 0. The maximum absolute atomic E-state index is 10.4. The standard InChI is InChI=1S/C20H27N3O2/c1-17(10-15-24)6-7-18(2)25-16-3-5-19-8-13-23(14-9-19)20-21-11-4-12-22-20/h4,6-7,11-12,15,19H,1-3,5,8-10,13-14,16H2/b7-6-. The Morgan fingerprint density at radius 1 is 1.24 bits per heavy atom.